The van der Waals surface area contributed by atoms with Gasteiger partial charge in [0, 0.05) is 40.3 Å². The van der Waals surface area contributed by atoms with Crippen LogP contribution in [0.4, 0.5) is 19.1 Å². The number of carbonyl (C=O) groups excluding carboxylic acids is 1. The molecule has 3 aromatic rings. The number of hydrogen-bond acceptors (Lipinski definition) is 5. The van der Waals surface area contributed by atoms with Gasteiger partial charge >= 0.3 is 6.18 Å². The van der Waals surface area contributed by atoms with Crippen LogP contribution in [0.25, 0.3) is 22.2 Å². The van der Waals surface area contributed by atoms with E-state index < -0.39 is 18.9 Å². The molecule has 164 valence electrons. The molecule has 0 unspecified atom stereocenters. The number of hydrogen-bond donors (Lipinski definition) is 2. The van der Waals surface area contributed by atoms with E-state index in [0.29, 0.717) is 22.5 Å². The van der Waals surface area contributed by atoms with E-state index in [1.165, 1.54) is 25.6 Å². The second-order valence-corrected chi connectivity index (χ2v) is 11.3. The van der Waals surface area contributed by atoms with Gasteiger partial charge in [-0.05, 0) is 26.2 Å². The molecule has 0 radical (unpaired) electrons. The molecule has 0 spiro atoms. The maximum absolute atomic E-state index is 13.8. The Morgan fingerprint density at radius 2 is 1.94 bits per heavy atom. The predicted molar refractivity (Wildman–Crippen MR) is 115 cm³/mol. The fraction of sp³-hybridized carbons (Fsp3) is 0.381. The first-order valence-electron chi connectivity index (χ1n) is 9.95. The Balaban J connectivity index is 1.91. The quantitative estimate of drug-likeness (QED) is 0.419. The molecule has 4 rings (SSSR count). The second-order valence-electron chi connectivity index (χ2n) is 8.18. The van der Waals surface area contributed by atoms with Crippen molar-refractivity contribution >= 4 is 35.6 Å². The first-order valence-corrected chi connectivity index (χ1v) is 12.6. The predicted octanol–water partition coefficient (Wildman–Crippen LogP) is 5.06. The van der Waals surface area contributed by atoms with Gasteiger partial charge in [0.1, 0.15) is 12.7 Å². The lowest BCUT2D eigenvalue weighted by Gasteiger charge is -2.16. The lowest BCUT2D eigenvalue weighted by atomic mass is 10.0. The van der Waals surface area contributed by atoms with Gasteiger partial charge in [0.15, 0.2) is 6.29 Å². The van der Waals surface area contributed by atoms with Crippen LogP contribution in [0.2, 0.25) is 0 Å². The number of aldehydes is 1. The Morgan fingerprint density at radius 1 is 1.23 bits per heavy atom. The number of nitrogens with one attached hydrogen (secondary N) is 2. The molecule has 6 nitrogen and oxygen atoms in total. The molecule has 1 aromatic carbocycles. The van der Waals surface area contributed by atoms with E-state index in [0.717, 1.165) is 31.9 Å². The Morgan fingerprint density at radius 3 is 2.55 bits per heavy atom. The van der Waals surface area contributed by atoms with Crippen molar-refractivity contribution in [2.45, 2.75) is 37.9 Å². The van der Waals surface area contributed by atoms with Gasteiger partial charge in [-0.3, -0.25) is 4.79 Å². The number of benzene rings is 1. The van der Waals surface area contributed by atoms with E-state index in [4.69, 9.17) is 0 Å². The van der Waals surface area contributed by atoms with Gasteiger partial charge in [-0.25, -0.2) is 9.97 Å². The number of anilines is 1. The highest BCUT2D eigenvalue weighted by Gasteiger charge is 2.36. The topological polar surface area (TPSA) is 87.7 Å². The van der Waals surface area contributed by atoms with Gasteiger partial charge in [0.05, 0.1) is 11.2 Å². The molecule has 31 heavy (non-hydrogen) atoms. The van der Waals surface area contributed by atoms with Gasteiger partial charge in [-0.15, -0.1) is 0 Å². The fourth-order valence-corrected chi connectivity index (χ4v) is 5.66. The summed E-state index contributed by atoms with van der Waals surface area (Å²) in [6.45, 7) is 3.04. The third kappa shape index (κ3) is 4.11. The van der Waals surface area contributed by atoms with Crippen LogP contribution in [0, 0.1) is 0 Å². The van der Waals surface area contributed by atoms with Gasteiger partial charge in [-0.1, -0.05) is 25.0 Å². The number of aromatic amines is 1. The average molecular weight is 450 g/mol. The summed E-state index contributed by atoms with van der Waals surface area (Å²) in [7, 11) is -2.90. The number of aromatic nitrogens is 3. The Labute approximate surface area is 177 Å². The van der Waals surface area contributed by atoms with E-state index in [1.54, 1.807) is 6.07 Å². The largest absolute Gasteiger partial charge is 0.419 e. The van der Waals surface area contributed by atoms with Crippen LogP contribution in [0.1, 0.15) is 41.6 Å². The highest BCUT2D eigenvalue weighted by molar-refractivity contribution is 7.70. The third-order valence-electron chi connectivity index (χ3n) is 5.56. The second kappa shape index (κ2) is 7.79. The van der Waals surface area contributed by atoms with Crippen LogP contribution in [0.5, 0.6) is 0 Å². The minimum Gasteiger partial charge on any atom is -0.360 e. The van der Waals surface area contributed by atoms with Crippen LogP contribution in [0.15, 0.2) is 24.5 Å². The van der Waals surface area contributed by atoms with Crippen molar-refractivity contribution in [3.05, 3.63) is 35.7 Å². The monoisotopic (exact) mass is 450 g/mol. The van der Waals surface area contributed by atoms with E-state index >= 15 is 0 Å². The van der Waals surface area contributed by atoms with E-state index in [9.17, 15) is 22.5 Å². The number of rotatable bonds is 5. The number of alkyl halides is 3. The molecule has 1 aliphatic carbocycles. The first-order chi connectivity index (χ1) is 14.6. The number of H-pyrrole nitrogens is 1. The first kappa shape index (κ1) is 21.6. The molecule has 0 saturated heterocycles. The van der Waals surface area contributed by atoms with Gasteiger partial charge < -0.3 is 14.9 Å². The molecule has 2 heterocycles. The molecule has 1 aliphatic rings. The maximum atomic E-state index is 13.8. The Bertz CT molecular complexity index is 1190. The fourth-order valence-electron chi connectivity index (χ4n) is 4.19. The molecule has 10 heteroatoms. The zero-order valence-corrected chi connectivity index (χ0v) is 18.0. The van der Waals surface area contributed by atoms with Gasteiger partial charge in [-0.2, -0.15) is 13.2 Å². The normalized spacial score (nSPS) is 15.5. The molecule has 0 bridgehead atoms. The lowest BCUT2D eigenvalue weighted by molar-refractivity contribution is -0.137. The van der Waals surface area contributed by atoms with Crippen LogP contribution in [-0.4, -0.2) is 40.6 Å². The van der Waals surface area contributed by atoms with Crippen LogP contribution in [-0.2, 0) is 10.7 Å². The summed E-state index contributed by atoms with van der Waals surface area (Å²) in [5.74, 6) is 0.144. The molecule has 0 aliphatic heterocycles. The van der Waals surface area contributed by atoms with Gasteiger partial charge in [0.25, 0.3) is 0 Å². The molecule has 2 N–H and O–H groups in total. The Kier molecular flexibility index (Phi) is 5.41. The number of fused-ring (bicyclic) bond motifs is 1. The molecule has 1 saturated carbocycles. The van der Waals surface area contributed by atoms with Crippen molar-refractivity contribution in [1.82, 2.24) is 15.0 Å². The van der Waals surface area contributed by atoms with Crippen molar-refractivity contribution in [3.63, 3.8) is 0 Å². The third-order valence-corrected chi connectivity index (χ3v) is 7.12. The zero-order chi connectivity index (χ0) is 22.4. The molecule has 0 amide bonds. The Hall–Kier alpha value is -2.67. The smallest absolute Gasteiger partial charge is 0.360 e. The standard InChI is InChI=1S/C21H22F3N4O2P/c1-31(2,30)19-12(11-29)7-8-14-15(9-25-18(14)19)17-16(21(22,23)24)10-26-20(28-17)27-13-5-3-4-6-13/h7-11,13,25H,3-6H2,1-2H3,(H,26,27,28). The summed E-state index contributed by atoms with van der Waals surface area (Å²) < 4.78 is 54.1. The van der Waals surface area contributed by atoms with Crippen molar-refractivity contribution in [2.75, 3.05) is 18.6 Å². The zero-order valence-electron chi connectivity index (χ0n) is 17.1. The highest BCUT2D eigenvalue weighted by atomic mass is 31.2. The molecule has 2 aromatic heterocycles. The van der Waals surface area contributed by atoms with E-state index in [2.05, 4.69) is 20.3 Å². The average Bonchev–Trinajstić information content (AvgIpc) is 3.34. The summed E-state index contributed by atoms with van der Waals surface area (Å²) in [5, 5.41) is 3.87. The SMILES string of the molecule is CP(C)(=O)c1c(C=O)ccc2c(-c3nc(NC4CCCC4)ncc3C(F)(F)F)c[nH]c12. The van der Waals surface area contributed by atoms with Crippen molar-refractivity contribution in [1.29, 1.82) is 0 Å². The summed E-state index contributed by atoms with van der Waals surface area (Å²) >= 11 is 0. The van der Waals surface area contributed by atoms with Crippen LogP contribution >= 0.6 is 7.14 Å². The number of nitrogens with zero attached hydrogens (tertiary/aromatic N) is 2. The number of carbonyl (C=O) groups is 1. The molecular weight excluding hydrogens is 428 g/mol. The molecule has 1 fully saturated rings. The summed E-state index contributed by atoms with van der Waals surface area (Å²) in [5.41, 5.74) is -0.378. The van der Waals surface area contributed by atoms with Gasteiger partial charge in [0.2, 0.25) is 5.95 Å². The summed E-state index contributed by atoms with van der Waals surface area (Å²) in [6.07, 6.45) is 2.12. The minimum absolute atomic E-state index is 0.139. The number of halogens is 3. The van der Waals surface area contributed by atoms with E-state index in [1.807, 2.05) is 0 Å². The van der Waals surface area contributed by atoms with Crippen molar-refractivity contribution in [3.8, 4) is 11.3 Å². The minimum atomic E-state index is -4.65. The van der Waals surface area contributed by atoms with Crippen molar-refractivity contribution < 1.29 is 22.5 Å². The van der Waals surface area contributed by atoms with Crippen LogP contribution < -0.4 is 10.6 Å². The highest BCUT2D eigenvalue weighted by Crippen LogP contribution is 2.42. The summed E-state index contributed by atoms with van der Waals surface area (Å²) in [4.78, 5) is 22.5. The maximum Gasteiger partial charge on any atom is 0.419 e. The van der Waals surface area contributed by atoms with E-state index in [-0.39, 0.29) is 28.8 Å². The molecular formula is C21H22F3N4O2P. The summed E-state index contributed by atoms with van der Waals surface area (Å²) in [6, 6.07) is 3.17. The van der Waals surface area contributed by atoms with Crippen molar-refractivity contribution in [2.24, 2.45) is 0 Å². The molecule has 0 atom stereocenters. The van der Waals surface area contributed by atoms with Crippen LogP contribution in [0.3, 0.4) is 0 Å². The lowest BCUT2D eigenvalue weighted by Crippen LogP contribution is -2.18.